The van der Waals surface area contributed by atoms with Gasteiger partial charge in [0.1, 0.15) is 11.4 Å². The van der Waals surface area contributed by atoms with E-state index in [1.54, 1.807) is 24.1 Å². The first-order valence-electron chi connectivity index (χ1n) is 7.41. The van der Waals surface area contributed by atoms with Gasteiger partial charge in [0.05, 0.1) is 12.1 Å². The first-order chi connectivity index (χ1) is 10.7. The third-order valence-electron chi connectivity index (χ3n) is 3.42. The van der Waals surface area contributed by atoms with E-state index in [1.165, 1.54) is 0 Å². The fraction of sp³-hybridized carbons (Fsp3) is 0.471. The maximum atomic E-state index is 12.1. The van der Waals surface area contributed by atoms with E-state index in [1.807, 2.05) is 26.8 Å². The van der Waals surface area contributed by atoms with Gasteiger partial charge in [-0.15, -0.1) is 0 Å². The van der Waals surface area contributed by atoms with Crippen LogP contribution in [0.5, 0.6) is 5.75 Å². The predicted molar refractivity (Wildman–Crippen MR) is 93.4 cm³/mol. The lowest BCUT2D eigenvalue weighted by atomic mass is 9.98. The Morgan fingerprint density at radius 1 is 1.26 bits per heavy atom. The van der Waals surface area contributed by atoms with E-state index in [0.717, 1.165) is 11.1 Å². The Bertz CT molecular complexity index is 635. The summed E-state index contributed by atoms with van der Waals surface area (Å²) in [5.74, 6) is 0.638. The van der Waals surface area contributed by atoms with Crippen LogP contribution in [0.15, 0.2) is 18.2 Å². The van der Waals surface area contributed by atoms with Crippen LogP contribution in [-0.2, 0) is 4.74 Å². The van der Waals surface area contributed by atoms with E-state index < -0.39 is 5.60 Å². The zero-order chi connectivity index (χ0) is 17.2. The van der Waals surface area contributed by atoms with Gasteiger partial charge < -0.3 is 14.4 Å². The second-order valence-electron chi connectivity index (χ2n) is 6.37. The molecule has 0 radical (unpaired) electrons. The van der Waals surface area contributed by atoms with Gasteiger partial charge in [0.2, 0.25) is 0 Å². The summed E-state index contributed by atoms with van der Waals surface area (Å²) in [5.41, 5.74) is 1.38. The standard InChI is InChI=1S/C17H21Cl2NO3/c1-17(2,3)23-16(21)20-7-5-11(6-8-20)15-13(19)9-12(18)10-14(15)22-4/h5,9-10H,6-8H2,1-4H3. The van der Waals surface area contributed by atoms with Crippen molar-refractivity contribution in [2.75, 3.05) is 20.2 Å². The Kier molecular flexibility index (Phi) is 5.48. The molecule has 0 fully saturated rings. The highest BCUT2D eigenvalue weighted by Gasteiger charge is 2.25. The lowest BCUT2D eigenvalue weighted by Crippen LogP contribution is -2.39. The molecule has 2 rings (SSSR count). The average molecular weight is 358 g/mol. The Balaban J connectivity index is 2.18. The van der Waals surface area contributed by atoms with Crippen LogP contribution >= 0.6 is 23.2 Å². The number of hydrogen-bond acceptors (Lipinski definition) is 3. The molecule has 126 valence electrons. The lowest BCUT2D eigenvalue weighted by molar-refractivity contribution is 0.0270. The van der Waals surface area contributed by atoms with Crippen molar-refractivity contribution in [1.29, 1.82) is 0 Å². The summed E-state index contributed by atoms with van der Waals surface area (Å²) in [6.45, 7) is 6.62. The number of benzene rings is 1. The molecule has 23 heavy (non-hydrogen) atoms. The van der Waals surface area contributed by atoms with Crippen LogP contribution in [0.25, 0.3) is 5.57 Å². The van der Waals surface area contributed by atoms with Gasteiger partial charge in [-0.25, -0.2) is 4.79 Å². The molecular formula is C17H21Cl2NO3. The minimum Gasteiger partial charge on any atom is -0.496 e. The molecule has 0 saturated heterocycles. The summed E-state index contributed by atoms with van der Waals surface area (Å²) in [6, 6.07) is 3.44. The Morgan fingerprint density at radius 2 is 1.96 bits per heavy atom. The quantitative estimate of drug-likeness (QED) is 0.745. The summed E-state index contributed by atoms with van der Waals surface area (Å²) >= 11 is 12.3. The maximum absolute atomic E-state index is 12.1. The maximum Gasteiger partial charge on any atom is 0.410 e. The van der Waals surface area contributed by atoms with Crippen molar-refractivity contribution in [1.82, 2.24) is 4.90 Å². The second-order valence-corrected chi connectivity index (χ2v) is 7.21. The number of carbonyl (C=O) groups excluding carboxylic acids is 1. The van der Waals surface area contributed by atoms with Gasteiger partial charge in [-0.3, -0.25) is 0 Å². The van der Waals surface area contributed by atoms with Gasteiger partial charge in [0.25, 0.3) is 0 Å². The number of nitrogens with zero attached hydrogens (tertiary/aromatic N) is 1. The van der Waals surface area contributed by atoms with Crippen molar-refractivity contribution in [3.63, 3.8) is 0 Å². The van der Waals surface area contributed by atoms with Crippen LogP contribution in [0.4, 0.5) is 4.79 Å². The highest BCUT2D eigenvalue weighted by atomic mass is 35.5. The van der Waals surface area contributed by atoms with Crippen molar-refractivity contribution in [3.8, 4) is 5.75 Å². The van der Waals surface area contributed by atoms with E-state index in [2.05, 4.69) is 0 Å². The predicted octanol–water partition coefficient (Wildman–Crippen LogP) is 5.03. The van der Waals surface area contributed by atoms with Gasteiger partial charge in [-0.2, -0.15) is 0 Å². The van der Waals surface area contributed by atoms with Crippen LogP contribution in [0.2, 0.25) is 10.0 Å². The van der Waals surface area contributed by atoms with Crippen LogP contribution in [-0.4, -0.2) is 36.8 Å². The molecule has 1 aromatic rings. The molecule has 0 unspecified atom stereocenters. The molecule has 0 aliphatic carbocycles. The zero-order valence-corrected chi connectivity index (χ0v) is 15.3. The number of hydrogen-bond donors (Lipinski definition) is 0. The summed E-state index contributed by atoms with van der Waals surface area (Å²) in [4.78, 5) is 13.8. The first-order valence-corrected chi connectivity index (χ1v) is 8.17. The third kappa shape index (κ3) is 4.55. The van der Waals surface area contributed by atoms with Crippen LogP contribution in [0, 0.1) is 0 Å². The number of halogens is 2. The smallest absolute Gasteiger partial charge is 0.410 e. The van der Waals surface area contributed by atoms with Crippen molar-refractivity contribution in [2.24, 2.45) is 0 Å². The molecule has 1 aliphatic heterocycles. The fourth-order valence-electron chi connectivity index (χ4n) is 2.41. The topological polar surface area (TPSA) is 38.8 Å². The van der Waals surface area contributed by atoms with Crippen molar-refractivity contribution in [2.45, 2.75) is 32.8 Å². The highest BCUT2D eigenvalue weighted by molar-refractivity contribution is 6.36. The largest absolute Gasteiger partial charge is 0.496 e. The van der Waals surface area contributed by atoms with E-state index in [0.29, 0.717) is 35.3 Å². The summed E-state index contributed by atoms with van der Waals surface area (Å²) in [6.07, 6.45) is 2.35. The molecule has 1 aliphatic rings. The Labute approximate surface area is 147 Å². The SMILES string of the molecule is COc1cc(Cl)cc(Cl)c1C1=CCN(C(=O)OC(C)(C)C)CC1. The van der Waals surface area contributed by atoms with Gasteiger partial charge in [0, 0.05) is 23.7 Å². The summed E-state index contributed by atoms with van der Waals surface area (Å²) in [7, 11) is 1.59. The molecule has 1 amide bonds. The molecular weight excluding hydrogens is 337 g/mol. The molecule has 0 bridgehead atoms. The lowest BCUT2D eigenvalue weighted by Gasteiger charge is -2.30. The highest BCUT2D eigenvalue weighted by Crippen LogP contribution is 2.38. The molecule has 1 aromatic carbocycles. The molecule has 6 heteroatoms. The monoisotopic (exact) mass is 357 g/mol. The van der Waals surface area contributed by atoms with Gasteiger partial charge >= 0.3 is 6.09 Å². The number of ether oxygens (including phenoxy) is 2. The van der Waals surface area contributed by atoms with Crippen molar-refractivity contribution in [3.05, 3.63) is 33.8 Å². The summed E-state index contributed by atoms with van der Waals surface area (Å²) in [5, 5.41) is 1.08. The number of methoxy groups -OCH3 is 1. The van der Waals surface area contributed by atoms with E-state index in [-0.39, 0.29) is 6.09 Å². The second kappa shape index (κ2) is 7.02. The molecule has 1 heterocycles. The number of rotatable bonds is 2. The van der Waals surface area contributed by atoms with Crippen LogP contribution < -0.4 is 4.74 Å². The third-order valence-corrected chi connectivity index (χ3v) is 3.94. The fourth-order valence-corrected chi connectivity index (χ4v) is 3.01. The zero-order valence-electron chi connectivity index (χ0n) is 13.8. The number of amides is 1. The van der Waals surface area contributed by atoms with Gasteiger partial charge in [-0.05, 0) is 44.9 Å². The molecule has 0 atom stereocenters. The van der Waals surface area contributed by atoms with E-state index in [9.17, 15) is 4.79 Å². The molecule has 0 N–H and O–H groups in total. The number of carbonyl (C=O) groups is 1. The van der Waals surface area contributed by atoms with Gasteiger partial charge in [0.15, 0.2) is 0 Å². The molecule has 0 spiro atoms. The Hall–Kier alpha value is -1.39. The minimum absolute atomic E-state index is 0.304. The van der Waals surface area contributed by atoms with Crippen molar-refractivity contribution < 1.29 is 14.3 Å². The van der Waals surface area contributed by atoms with Crippen molar-refractivity contribution >= 4 is 34.9 Å². The van der Waals surface area contributed by atoms with Crippen LogP contribution in [0.1, 0.15) is 32.8 Å². The van der Waals surface area contributed by atoms with Crippen LogP contribution in [0.3, 0.4) is 0 Å². The minimum atomic E-state index is -0.496. The summed E-state index contributed by atoms with van der Waals surface area (Å²) < 4.78 is 10.8. The first kappa shape index (κ1) is 18.0. The molecule has 0 saturated carbocycles. The van der Waals surface area contributed by atoms with Gasteiger partial charge in [-0.1, -0.05) is 29.3 Å². The van der Waals surface area contributed by atoms with E-state index >= 15 is 0 Å². The molecule has 4 nitrogen and oxygen atoms in total. The molecule has 0 aromatic heterocycles. The normalized spacial score (nSPS) is 15.2. The Morgan fingerprint density at radius 3 is 2.48 bits per heavy atom. The van der Waals surface area contributed by atoms with E-state index in [4.69, 9.17) is 32.7 Å². The average Bonchev–Trinajstić information content (AvgIpc) is 2.45.